The van der Waals surface area contributed by atoms with Gasteiger partial charge in [-0.2, -0.15) is 0 Å². The summed E-state index contributed by atoms with van der Waals surface area (Å²) in [5, 5.41) is 0.0239. The molecule has 5 heteroatoms. The van der Waals surface area contributed by atoms with Gasteiger partial charge >= 0.3 is 0 Å². The standard InChI is InChI=1S/C10H12BCl2O.Y/c1-14-5-3-2-4-7-8(12)6-9(13)10(7)11;/h7-10H,1,4-6H2;/q-1;. The first-order chi connectivity index (χ1) is 6.66. The molecule has 1 fully saturated rings. The van der Waals surface area contributed by atoms with E-state index >= 15 is 0 Å². The maximum Gasteiger partial charge on any atom is 0.0750 e. The van der Waals surface area contributed by atoms with E-state index in [-0.39, 0.29) is 55.2 Å². The Kier molecular flexibility index (Phi) is 9.08. The molecular weight excluding hydrogens is 307 g/mol. The molecule has 4 atom stereocenters. The Morgan fingerprint density at radius 2 is 2.00 bits per heavy atom. The van der Waals surface area contributed by atoms with Crippen molar-refractivity contribution in [1.29, 1.82) is 0 Å². The molecule has 0 aromatic rings. The molecule has 4 unspecified atom stereocenters. The van der Waals surface area contributed by atoms with Gasteiger partial charge in [0.2, 0.25) is 0 Å². The van der Waals surface area contributed by atoms with Crippen LogP contribution in [0.1, 0.15) is 12.8 Å². The second-order valence-corrected chi connectivity index (χ2v) is 4.54. The summed E-state index contributed by atoms with van der Waals surface area (Å²) in [4.78, 5) is 0. The van der Waals surface area contributed by atoms with Gasteiger partial charge in [0.1, 0.15) is 0 Å². The van der Waals surface area contributed by atoms with Gasteiger partial charge in [-0.1, -0.05) is 11.7 Å². The third kappa shape index (κ3) is 4.97. The fourth-order valence-electron chi connectivity index (χ4n) is 1.61. The molecule has 0 saturated heterocycles. The van der Waals surface area contributed by atoms with Crippen LogP contribution < -0.4 is 0 Å². The summed E-state index contributed by atoms with van der Waals surface area (Å²) in [5.41, 5.74) is 0. The molecule has 1 rings (SSSR count). The number of halogens is 2. The molecule has 0 amide bonds. The number of hydrogen-bond donors (Lipinski definition) is 0. The predicted molar refractivity (Wildman–Crippen MR) is 60.6 cm³/mol. The van der Waals surface area contributed by atoms with E-state index in [0.29, 0.717) is 13.0 Å². The molecule has 0 aliphatic heterocycles. The number of hydrogen-bond acceptors (Lipinski definition) is 1. The van der Waals surface area contributed by atoms with Gasteiger partial charge in [0.15, 0.2) is 0 Å². The number of rotatable bonds is 2. The topological polar surface area (TPSA) is 9.23 Å². The zero-order valence-corrected chi connectivity index (χ0v) is 12.8. The van der Waals surface area contributed by atoms with Crippen LogP contribution >= 0.6 is 23.2 Å². The van der Waals surface area contributed by atoms with Crippen molar-refractivity contribution in [3.8, 4) is 11.8 Å². The maximum absolute atomic E-state index is 6.10. The van der Waals surface area contributed by atoms with E-state index in [2.05, 4.69) is 23.7 Å². The fraction of sp³-hybridized carbons (Fsp3) is 0.700. The minimum absolute atomic E-state index is 0. The molecule has 0 aromatic heterocycles. The quantitative estimate of drug-likeness (QED) is 0.329. The summed E-state index contributed by atoms with van der Waals surface area (Å²) in [6.07, 6.45) is 1.45. The fourth-order valence-corrected chi connectivity index (χ4v) is 2.53. The van der Waals surface area contributed by atoms with Crippen LogP contribution in [0.25, 0.3) is 0 Å². The van der Waals surface area contributed by atoms with Gasteiger partial charge in [-0.05, 0) is 12.3 Å². The van der Waals surface area contributed by atoms with Crippen LogP contribution in [0, 0.1) is 24.9 Å². The maximum atomic E-state index is 6.10. The Bertz CT molecular complexity index is 241. The summed E-state index contributed by atoms with van der Waals surface area (Å²) in [6.45, 7) is 0.346. The van der Waals surface area contributed by atoms with Crippen molar-refractivity contribution in [2.75, 3.05) is 6.61 Å². The van der Waals surface area contributed by atoms with Crippen LogP contribution in [0.15, 0.2) is 0 Å². The van der Waals surface area contributed by atoms with E-state index in [1.807, 2.05) is 0 Å². The third-order valence-electron chi connectivity index (χ3n) is 2.46. The molecule has 1 aliphatic carbocycles. The summed E-state index contributed by atoms with van der Waals surface area (Å²) in [6, 6.07) is 0. The van der Waals surface area contributed by atoms with E-state index in [9.17, 15) is 0 Å². The Hall–Kier alpha value is 1.27. The first-order valence-corrected chi connectivity index (χ1v) is 5.40. The Balaban J connectivity index is 0.00000196. The largest absolute Gasteiger partial charge is 0.546 e. The van der Waals surface area contributed by atoms with Crippen molar-refractivity contribution in [2.45, 2.75) is 29.4 Å². The first-order valence-electron chi connectivity index (χ1n) is 4.53. The van der Waals surface area contributed by atoms with Crippen molar-refractivity contribution >= 4 is 31.0 Å². The summed E-state index contributed by atoms with van der Waals surface area (Å²) < 4.78 is 4.57. The zero-order valence-electron chi connectivity index (χ0n) is 8.46. The van der Waals surface area contributed by atoms with E-state index in [4.69, 9.17) is 31.0 Å². The van der Waals surface area contributed by atoms with E-state index < -0.39 is 0 Å². The van der Waals surface area contributed by atoms with Crippen LogP contribution in [0.4, 0.5) is 0 Å². The Morgan fingerprint density at radius 1 is 1.33 bits per heavy atom. The SMILES string of the molecule is [B]C1C(Cl)CC(Cl)C1CC#CCO[CH2-].[Y]. The van der Waals surface area contributed by atoms with Crippen molar-refractivity contribution in [3.63, 3.8) is 0 Å². The van der Waals surface area contributed by atoms with E-state index in [1.165, 1.54) is 0 Å². The van der Waals surface area contributed by atoms with Crippen molar-refractivity contribution in [1.82, 2.24) is 0 Å². The molecule has 0 bridgehead atoms. The van der Waals surface area contributed by atoms with Crippen LogP contribution in [0.3, 0.4) is 0 Å². The van der Waals surface area contributed by atoms with Gasteiger partial charge in [-0.3, -0.25) is 0 Å². The van der Waals surface area contributed by atoms with Crippen LogP contribution in [0.2, 0.25) is 5.82 Å². The molecule has 0 N–H and O–H groups in total. The van der Waals surface area contributed by atoms with Crippen molar-refractivity contribution in [2.24, 2.45) is 5.92 Å². The van der Waals surface area contributed by atoms with Crippen molar-refractivity contribution in [3.05, 3.63) is 7.11 Å². The smallest absolute Gasteiger partial charge is 0.0750 e. The molecule has 15 heavy (non-hydrogen) atoms. The van der Waals surface area contributed by atoms with Crippen LogP contribution in [0.5, 0.6) is 0 Å². The summed E-state index contributed by atoms with van der Waals surface area (Å²) in [5.74, 6) is 5.94. The Morgan fingerprint density at radius 3 is 2.47 bits per heavy atom. The molecule has 1 saturated carbocycles. The molecule has 79 valence electrons. The molecule has 0 spiro atoms. The molecule has 0 aromatic carbocycles. The van der Waals surface area contributed by atoms with Gasteiger partial charge in [-0.15, -0.1) is 29.1 Å². The molecule has 1 aliphatic rings. The Labute approximate surface area is 128 Å². The monoisotopic (exact) mass is 318 g/mol. The van der Waals surface area contributed by atoms with Gasteiger partial charge in [0.05, 0.1) is 14.5 Å². The molecule has 3 radical (unpaired) electrons. The minimum Gasteiger partial charge on any atom is -0.546 e. The first kappa shape index (κ1) is 16.3. The summed E-state index contributed by atoms with van der Waals surface area (Å²) >= 11 is 12.1. The zero-order chi connectivity index (χ0) is 10.6. The second kappa shape index (κ2) is 8.37. The van der Waals surface area contributed by atoms with Crippen LogP contribution in [-0.2, 0) is 37.4 Å². The normalized spacial score (nSPS) is 34.1. The predicted octanol–water partition coefficient (Wildman–Crippen LogP) is 2.38. The van der Waals surface area contributed by atoms with Gasteiger partial charge in [0, 0.05) is 49.9 Å². The van der Waals surface area contributed by atoms with E-state index in [1.54, 1.807) is 0 Å². The molecular formula is C10H12BCl2OY-. The minimum atomic E-state index is -0.0471. The molecule has 1 nitrogen and oxygen atoms in total. The van der Waals surface area contributed by atoms with Crippen molar-refractivity contribution < 1.29 is 37.4 Å². The van der Waals surface area contributed by atoms with Gasteiger partial charge in [-0.25, -0.2) is 7.11 Å². The average Bonchev–Trinajstić information content (AvgIpc) is 2.38. The third-order valence-corrected chi connectivity index (χ3v) is 3.43. The van der Waals surface area contributed by atoms with Crippen LogP contribution in [-0.4, -0.2) is 25.2 Å². The average molecular weight is 319 g/mol. The second-order valence-electron chi connectivity index (χ2n) is 3.42. The summed E-state index contributed by atoms with van der Waals surface area (Å²) in [7, 11) is 9.12. The van der Waals surface area contributed by atoms with Gasteiger partial charge < -0.3 is 4.74 Å². The van der Waals surface area contributed by atoms with E-state index in [0.717, 1.165) is 6.42 Å². The molecule has 0 heterocycles. The van der Waals surface area contributed by atoms with Gasteiger partial charge in [0.25, 0.3) is 0 Å². The number of alkyl halides is 2. The number of ether oxygens (including phenoxy) is 1.